The lowest BCUT2D eigenvalue weighted by Crippen LogP contribution is -2.38. The van der Waals surface area contributed by atoms with Crippen LogP contribution >= 0.6 is 0 Å². The molecule has 0 amide bonds. The van der Waals surface area contributed by atoms with Crippen molar-refractivity contribution in [3.8, 4) is 0 Å². The van der Waals surface area contributed by atoms with Crippen molar-refractivity contribution in [3.63, 3.8) is 0 Å². The maximum atomic E-state index is 6.02. The molecule has 3 heteroatoms. The highest BCUT2D eigenvalue weighted by Gasteiger charge is 2.30. The highest BCUT2D eigenvalue weighted by Crippen LogP contribution is 2.38. The molecule has 0 aromatic carbocycles. The third-order valence-electron chi connectivity index (χ3n) is 4.36. The van der Waals surface area contributed by atoms with Crippen LogP contribution < -0.4 is 5.73 Å². The van der Waals surface area contributed by atoms with E-state index in [0.29, 0.717) is 5.41 Å². The van der Waals surface area contributed by atoms with E-state index in [-0.39, 0.29) is 0 Å². The summed E-state index contributed by atoms with van der Waals surface area (Å²) in [7, 11) is 1.77. The molecule has 0 heterocycles. The van der Waals surface area contributed by atoms with Gasteiger partial charge in [0.2, 0.25) is 0 Å². The lowest BCUT2D eigenvalue weighted by molar-refractivity contribution is 0.120. The number of rotatable bonds is 8. The molecule has 0 spiro atoms. The van der Waals surface area contributed by atoms with E-state index in [0.717, 1.165) is 26.2 Å². The summed E-state index contributed by atoms with van der Waals surface area (Å²) < 4.78 is 5.15. The minimum Gasteiger partial charge on any atom is -0.383 e. The van der Waals surface area contributed by atoms with Gasteiger partial charge in [-0.05, 0) is 44.3 Å². The molecule has 3 nitrogen and oxygen atoms in total. The molecule has 102 valence electrons. The number of likely N-dealkylation sites (N-methyl/N-ethyl adjacent to an activating group) is 1. The molecule has 1 saturated carbocycles. The van der Waals surface area contributed by atoms with Gasteiger partial charge < -0.3 is 15.4 Å². The number of nitrogens with two attached hydrogens (primary N) is 1. The van der Waals surface area contributed by atoms with Gasteiger partial charge in [0.25, 0.3) is 0 Å². The molecule has 0 unspecified atom stereocenters. The molecule has 0 aliphatic heterocycles. The van der Waals surface area contributed by atoms with Gasteiger partial charge in [0.1, 0.15) is 0 Å². The van der Waals surface area contributed by atoms with Crippen molar-refractivity contribution in [3.05, 3.63) is 0 Å². The molecule has 17 heavy (non-hydrogen) atoms. The van der Waals surface area contributed by atoms with Gasteiger partial charge in [0, 0.05) is 13.7 Å². The van der Waals surface area contributed by atoms with Crippen molar-refractivity contribution in [1.82, 2.24) is 4.90 Å². The van der Waals surface area contributed by atoms with Gasteiger partial charge in [-0.15, -0.1) is 0 Å². The zero-order chi connectivity index (χ0) is 12.6. The molecule has 0 radical (unpaired) electrons. The summed E-state index contributed by atoms with van der Waals surface area (Å²) in [6, 6.07) is 0. The van der Waals surface area contributed by atoms with E-state index >= 15 is 0 Å². The van der Waals surface area contributed by atoms with Gasteiger partial charge in [-0.25, -0.2) is 0 Å². The molecule has 1 fully saturated rings. The Hall–Kier alpha value is -0.120. The SMILES string of the molecule is CCN(CCOC)CCC1(CN)CCCCC1. The lowest BCUT2D eigenvalue weighted by Gasteiger charge is -2.38. The number of methoxy groups -OCH3 is 1. The molecule has 1 aliphatic rings. The largest absolute Gasteiger partial charge is 0.383 e. The van der Waals surface area contributed by atoms with Crippen LogP contribution in [0.4, 0.5) is 0 Å². The zero-order valence-corrected chi connectivity index (χ0v) is 11.7. The molecule has 0 atom stereocenters. The quantitative estimate of drug-likeness (QED) is 0.709. The van der Waals surface area contributed by atoms with Crippen molar-refractivity contribution < 1.29 is 4.74 Å². The minimum absolute atomic E-state index is 0.443. The first-order chi connectivity index (χ1) is 8.26. The van der Waals surface area contributed by atoms with E-state index in [1.165, 1.54) is 45.1 Å². The summed E-state index contributed by atoms with van der Waals surface area (Å²) in [4.78, 5) is 2.48. The molecular formula is C14H30N2O. The summed E-state index contributed by atoms with van der Waals surface area (Å²) in [5.74, 6) is 0. The van der Waals surface area contributed by atoms with E-state index < -0.39 is 0 Å². The number of hydrogen-bond acceptors (Lipinski definition) is 3. The second-order valence-corrected chi connectivity index (χ2v) is 5.44. The molecule has 0 bridgehead atoms. The summed E-state index contributed by atoms with van der Waals surface area (Å²) in [6.07, 6.45) is 8.10. The van der Waals surface area contributed by atoms with Crippen LogP contribution in [-0.4, -0.2) is 44.8 Å². The van der Waals surface area contributed by atoms with Gasteiger partial charge >= 0.3 is 0 Å². The van der Waals surface area contributed by atoms with Crippen molar-refractivity contribution in [2.24, 2.45) is 11.1 Å². The average molecular weight is 242 g/mol. The van der Waals surface area contributed by atoms with Crippen molar-refractivity contribution in [2.45, 2.75) is 45.4 Å². The van der Waals surface area contributed by atoms with Gasteiger partial charge in [-0.3, -0.25) is 0 Å². The van der Waals surface area contributed by atoms with E-state index in [9.17, 15) is 0 Å². The zero-order valence-electron chi connectivity index (χ0n) is 11.7. The summed E-state index contributed by atoms with van der Waals surface area (Å²) in [5, 5.41) is 0. The van der Waals surface area contributed by atoms with E-state index in [1.54, 1.807) is 7.11 Å². The predicted molar refractivity (Wildman–Crippen MR) is 73.2 cm³/mol. The van der Waals surface area contributed by atoms with Crippen LogP contribution in [0.15, 0.2) is 0 Å². The lowest BCUT2D eigenvalue weighted by atomic mass is 9.72. The Morgan fingerprint density at radius 1 is 1.18 bits per heavy atom. The number of ether oxygens (including phenoxy) is 1. The van der Waals surface area contributed by atoms with Gasteiger partial charge in [-0.1, -0.05) is 26.2 Å². The van der Waals surface area contributed by atoms with Gasteiger partial charge in [0.15, 0.2) is 0 Å². The molecule has 0 saturated heterocycles. The Kier molecular flexibility index (Phi) is 7.09. The maximum absolute atomic E-state index is 6.02. The first-order valence-corrected chi connectivity index (χ1v) is 7.18. The predicted octanol–water partition coefficient (Wildman–Crippen LogP) is 2.25. The fourth-order valence-corrected chi connectivity index (χ4v) is 2.90. The fraction of sp³-hybridized carbons (Fsp3) is 1.00. The third kappa shape index (κ3) is 4.94. The Labute approximate surface area is 107 Å². The topological polar surface area (TPSA) is 38.5 Å². The Morgan fingerprint density at radius 2 is 1.88 bits per heavy atom. The van der Waals surface area contributed by atoms with Crippen LogP contribution in [0.1, 0.15) is 45.4 Å². The smallest absolute Gasteiger partial charge is 0.0589 e. The number of nitrogens with zero attached hydrogens (tertiary/aromatic N) is 1. The van der Waals surface area contributed by atoms with Crippen molar-refractivity contribution in [1.29, 1.82) is 0 Å². The van der Waals surface area contributed by atoms with Crippen LogP contribution in [0.5, 0.6) is 0 Å². The summed E-state index contributed by atoms with van der Waals surface area (Å²) in [6.45, 7) is 7.28. The molecule has 0 aromatic heterocycles. The van der Waals surface area contributed by atoms with E-state index in [1.807, 2.05) is 0 Å². The molecule has 1 aliphatic carbocycles. The minimum atomic E-state index is 0.443. The average Bonchev–Trinajstić information content (AvgIpc) is 2.40. The Morgan fingerprint density at radius 3 is 2.41 bits per heavy atom. The fourth-order valence-electron chi connectivity index (χ4n) is 2.90. The first kappa shape index (κ1) is 14.9. The third-order valence-corrected chi connectivity index (χ3v) is 4.36. The molecule has 0 aromatic rings. The normalized spacial score (nSPS) is 19.8. The van der Waals surface area contributed by atoms with Gasteiger partial charge in [-0.2, -0.15) is 0 Å². The van der Waals surface area contributed by atoms with E-state index in [4.69, 9.17) is 10.5 Å². The molecule has 1 rings (SSSR count). The van der Waals surface area contributed by atoms with Crippen LogP contribution in [0.25, 0.3) is 0 Å². The highest BCUT2D eigenvalue weighted by atomic mass is 16.5. The standard InChI is InChI=1S/C14H30N2O/c1-3-16(11-12-17-2)10-9-14(13-15)7-5-4-6-8-14/h3-13,15H2,1-2H3. The first-order valence-electron chi connectivity index (χ1n) is 7.18. The van der Waals surface area contributed by atoms with Gasteiger partial charge in [0.05, 0.1) is 6.61 Å². The number of hydrogen-bond donors (Lipinski definition) is 1. The van der Waals surface area contributed by atoms with Crippen molar-refractivity contribution >= 4 is 0 Å². The second-order valence-electron chi connectivity index (χ2n) is 5.44. The molecule has 2 N–H and O–H groups in total. The Bertz CT molecular complexity index is 191. The Balaban J connectivity index is 2.34. The van der Waals surface area contributed by atoms with Crippen molar-refractivity contribution in [2.75, 3.05) is 39.9 Å². The summed E-state index contributed by atoms with van der Waals surface area (Å²) in [5.41, 5.74) is 6.47. The van der Waals surface area contributed by atoms with Crippen LogP contribution in [-0.2, 0) is 4.74 Å². The molecular weight excluding hydrogens is 212 g/mol. The van der Waals surface area contributed by atoms with Crippen LogP contribution in [0.2, 0.25) is 0 Å². The maximum Gasteiger partial charge on any atom is 0.0589 e. The van der Waals surface area contributed by atoms with Crippen LogP contribution in [0, 0.1) is 5.41 Å². The van der Waals surface area contributed by atoms with E-state index in [2.05, 4.69) is 11.8 Å². The monoisotopic (exact) mass is 242 g/mol. The highest BCUT2D eigenvalue weighted by molar-refractivity contribution is 4.84. The summed E-state index contributed by atoms with van der Waals surface area (Å²) >= 11 is 0. The van der Waals surface area contributed by atoms with Crippen LogP contribution in [0.3, 0.4) is 0 Å². The second kappa shape index (κ2) is 8.06.